The van der Waals surface area contributed by atoms with E-state index in [1.807, 2.05) is 5.41 Å². The SMILES string of the molecule is COC(=O)C1=C(C)N=C2SC=C(CC(=O)NC[C@@H]3CCCO3)N2[C@@H]1c1ccccc1F. The van der Waals surface area contributed by atoms with Gasteiger partial charge in [0.2, 0.25) is 5.91 Å². The fraction of sp³-hybridized carbons (Fsp3) is 0.409. The van der Waals surface area contributed by atoms with E-state index in [0.717, 1.165) is 19.4 Å². The summed E-state index contributed by atoms with van der Waals surface area (Å²) < 4.78 is 25.3. The molecule has 164 valence electrons. The molecule has 0 aromatic heterocycles. The van der Waals surface area contributed by atoms with E-state index in [0.29, 0.717) is 28.7 Å². The van der Waals surface area contributed by atoms with Crippen molar-refractivity contribution in [1.29, 1.82) is 0 Å². The predicted octanol–water partition coefficient (Wildman–Crippen LogP) is 3.26. The maximum atomic E-state index is 14.8. The van der Waals surface area contributed by atoms with Gasteiger partial charge in [-0.15, -0.1) is 0 Å². The number of hydrogen-bond donors (Lipinski definition) is 1. The van der Waals surface area contributed by atoms with Gasteiger partial charge in [0.25, 0.3) is 0 Å². The molecule has 0 saturated carbocycles. The first-order valence-electron chi connectivity index (χ1n) is 10.1. The number of halogens is 1. The van der Waals surface area contributed by atoms with Crippen molar-refractivity contribution >= 4 is 28.8 Å². The number of ether oxygens (including phenoxy) is 2. The molecule has 1 fully saturated rings. The van der Waals surface area contributed by atoms with Crippen LogP contribution in [0, 0.1) is 5.82 Å². The quantitative estimate of drug-likeness (QED) is 0.677. The molecule has 2 atom stereocenters. The van der Waals surface area contributed by atoms with Crippen molar-refractivity contribution in [2.45, 2.75) is 38.3 Å². The van der Waals surface area contributed by atoms with Crippen LogP contribution in [0.1, 0.15) is 37.8 Å². The minimum Gasteiger partial charge on any atom is -0.466 e. The minimum atomic E-state index is -0.770. The van der Waals surface area contributed by atoms with Gasteiger partial charge in [0.05, 0.1) is 36.9 Å². The van der Waals surface area contributed by atoms with Crippen LogP contribution in [0.15, 0.2) is 51.6 Å². The molecule has 31 heavy (non-hydrogen) atoms. The van der Waals surface area contributed by atoms with E-state index >= 15 is 0 Å². The Morgan fingerprint density at radius 1 is 1.39 bits per heavy atom. The molecule has 7 nitrogen and oxygen atoms in total. The summed E-state index contributed by atoms with van der Waals surface area (Å²) in [5.74, 6) is -1.18. The molecule has 3 aliphatic rings. The molecule has 0 spiro atoms. The molecule has 1 N–H and O–H groups in total. The topological polar surface area (TPSA) is 80.2 Å². The molecule has 1 aromatic rings. The minimum absolute atomic E-state index is 0.0469. The summed E-state index contributed by atoms with van der Waals surface area (Å²) in [5, 5.41) is 5.33. The van der Waals surface area contributed by atoms with Crippen LogP contribution in [0.5, 0.6) is 0 Å². The highest BCUT2D eigenvalue weighted by Gasteiger charge is 2.42. The number of amides is 1. The van der Waals surface area contributed by atoms with Gasteiger partial charge >= 0.3 is 5.97 Å². The van der Waals surface area contributed by atoms with Gasteiger partial charge in [-0.3, -0.25) is 4.79 Å². The number of thioether (sulfide) groups is 1. The number of carbonyl (C=O) groups excluding carboxylic acids is 2. The Morgan fingerprint density at radius 3 is 2.90 bits per heavy atom. The van der Waals surface area contributed by atoms with Crippen LogP contribution in [0.4, 0.5) is 4.39 Å². The van der Waals surface area contributed by atoms with E-state index in [1.165, 1.54) is 24.9 Å². The molecule has 3 heterocycles. The van der Waals surface area contributed by atoms with Gasteiger partial charge in [0.15, 0.2) is 5.17 Å². The Morgan fingerprint density at radius 2 is 2.19 bits per heavy atom. The van der Waals surface area contributed by atoms with Gasteiger partial charge in [0.1, 0.15) is 5.82 Å². The second kappa shape index (κ2) is 9.23. The lowest BCUT2D eigenvalue weighted by Gasteiger charge is -2.36. The molecule has 0 radical (unpaired) electrons. The lowest BCUT2D eigenvalue weighted by Crippen LogP contribution is -2.39. The van der Waals surface area contributed by atoms with Crippen LogP contribution >= 0.6 is 11.8 Å². The number of carbonyl (C=O) groups is 2. The smallest absolute Gasteiger partial charge is 0.338 e. The number of esters is 1. The van der Waals surface area contributed by atoms with Crippen LogP contribution in [0.3, 0.4) is 0 Å². The van der Waals surface area contributed by atoms with Crippen LogP contribution in [0.25, 0.3) is 0 Å². The zero-order valence-electron chi connectivity index (χ0n) is 17.4. The number of amidine groups is 1. The van der Waals surface area contributed by atoms with Crippen molar-refractivity contribution in [3.63, 3.8) is 0 Å². The first-order valence-corrected chi connectivity index (χ1v) is 11.0. The molecule has 1 saturated heterocycles. The monoisotopic (exact) mass is 445 g/mol. The van der Waals surface area contributed by atoms with Crippen LogP contribution in [0.2, 0.25) is 0 Å². The third kappa shape index (κ3) is 4.38. The van der Waals surface area contributed by atoms with Crippen molar-refractivity contribution in [3.05, 3.63) is 58.0 Å². The molecule has 3 aliphatic heterocycles. The van der Waals surface area contributed by atoms with Gasteiger partial charge in [-0.05, 0) is 31.2 Å². The second-order valence-electron chi connectivity index (χ2n) is 7.52. The normalized spacial score (nSPS) is 22.7. The molecule has 4 rings (SSSR count). The van der Waals surface area contributed by atoms with Crippen molar-refractivity contribution in [2.24, 2.45) is 4.99 Å². The fourth-order valence-corrected chi connectivity index (χ4v) is 4.96. The number of aliphatic imine (C=N–C) groups is 1. The average molecular weight is 446 g/mol. The number of hydrogen-bond acceptors (Lipinski definition) is 7. The van der Waals surface area contributed by atoms with Crippen molar-refractivity contribution < 1.29 is 23.5 Å². The Balaban J connectivity index is 1.61. The standard InChI is InChI=1S/C22H24FN3O4S/c1-13-19(21(28)29-2)20(16-7-3-4-8-17(16)23)26-14(12-31-22(26)25-13)10-18(27)24-11-15-6-5-9-30-15/h3-4,7-8,12,15,20H,5-6,9-11H2,1-2H3,(H,24,27)/t15-,20+/m0/s1. The maximum Gasteiger partial charge on any atom is 0.338 e. The number of fused-ring (bicyclic) bond motifs is 1. The number of rotatable bonds is 6. The first-order chi connectivity index (χ1) is 15.0. The van der Waals surface area contributed by atoms with Crippen LogP contribution in [-0.2, 0) is 19.1 Å². The summed E-state index contributed by atoms with van der Waals surface area (Å²) >= 11 is 1.35. The van der Waals surface area contributed by atoms with Gasteiger partial charge in [-0.25, -0.2) is 14.2 Å². The number of allylic oxidation sites excluding steroid dienone is 1. The van der Waals surface area contributed by atoms with E-state index in [9.17, 15) is 14.0 Å². The summed E-state index contributed by atoms with van der Waals surface area (Å²) in [4.78, 5) is 31.5. The zero-order valence-corrected chi connectivity index (χ0v) is 18.2. The largest absolute Gasteiger partial charge is 0.466 e. The lowest BCUT2D eigenvalue weighted by molar-refractivity contribution is -0.136. The third-order valence-electron chi connectivity index (χ3n) is 5.50. The summed E-state index contributed by atoms with van der Waals surface area (Å²) in [6, 6.07) is 5.53. The number of nitrogens with one attached hydrogen (secondary N) is 1. The van der Waals surface area contributed by atoms with E-state index in [-0.39, 0.29) is 24.0 Å². The Hall–Kier alpha value is -2.65. The summed E-state index contributed by atoms with van der Waals surface area (Å²) in [5.41, 5.74) is 1.69. The maximum absolute atomic E-state index is 14.8. The Bertz CT molecular complexity index is 985. The summed E-state index contributed by atoms with van der Waals surface area (Å²) in [6.45, 7) is 2.89. The second-order valence-corrected chi connectivity index (χ2v) is 8.36. The average Bonchev–Trinajstić information content (AvgIpc) is 3.41. The van der Waals surface area contributed by atoms with E-state index in [4.69, 9.17) is 9.47 Å². The highest BCUT2D eigenvalue weighted by molar-refractivity contribution is 8.16. The number of benzene rings is 1. The molecular formula is C22H24FN3O4S. The molecule has 9 heteroatoms. The third-order valence-corrected chi connectivity index (χ3v) is 6.39. The highest BCUT2D eigenvalue weighted by Crippen LogP contribution is 2.45. The van der Waals surface area contributed by atoms with E-state index < -0.39 is 17.8 Å². The molecular weight excluding hydrogens is 421 g/mol. The van der Waals surface area contributed by atoms with Gasteiger partial charge in [-0.1, -0.05) is 30.0 Å². The molecule has 0 bridgehead atoms. The Labute approximate surface area is 184 Å². The zero-order chi connectivity index (χ0) is 22.0. The number of nitrogens with zero attached hydrogens (tertiary/aromatic N) is 2. The van der Waals surface area contributed by atoms with Gasteiger partial charge in [0, 0.05) is 24.4 Å². The molecule has 0 unspecified atom stereocenters. The lowest BCUT2D eigenvalue weighted by atomic mass is 9.93. The van der Waals surface area contributed by atoms with Crippen molar-refractivity contribution in [1.82, 2.24) is 10.2 Å². The van der Waals surface area contributed by atoms with Gasteiger partial charge in [-0.2, -0.15) is 0 Å². The highest BCUT2D eigenvalue weighted by atomic mass is 32.2. The van der Waals surface area contributed by atoms with Crippen molar-refractivity contribution in [3.8, 4) is 0 Å². The van der Waals surface area contributed by atoms with E-state index in [1.54, 1.807) is 30.0 Å². The van der Waals surface area contributed by atoms with Crippen LogP contribution in [-0.4, -0.2) is 48.3 Å². The summed E-state index contributed by atoms with van der Waals surface area (Å²) in [6.07, 6.45) is 2.06. The fourth-order valence-electron chi connectivity index (χ4n) is 3.99. The predicted molar refractivity (Wildman–Crippen MR) is 115 cm³/mol. The number of methoxy groups -OCH3 is 1. The van der Waals surface area contributed by atoms with Crippen LogP contribution < -0.4 is 5.32 Å². The molecule has 1 aromatic carbocycles. The van der Waals surface area contributed by atoms with Crippen molar-refractivity contribution in [2.75, 3.05) is 20.3 Å². The summed E-state index contributed by atoms with van der Waals surface area (Å²) in [7, 11) is 1.29. The van der Waals surface area contributed by atoms with Gasteiger partial charge < -0.3 is 19.7 Å². The molecule has 0 aliphatic carbocycles. The Kier molecular flexibility index (Phi) is 6.43. The first kappa shape index (κ1) is 21.6. The van der Waals surface area contributed by atoms with E-state index in [2.05, 4.69) is 10.3 Å². The molecule has 1 amide bonds.